The number of hydrogen-bond donors (Lipinski definition) is 3. The van der Waals surface area contributed by atoms with Gasteiger partial charge < -0.3 is 10.7 Å². The van der Waals surface area contributed by atoms with Gasteiger partial charge in [-0.3, -0.25) is 10.1 Å². The predicted octanol–water partition coefficient (Wildman–Crippen LogP) is 3.28. The first kappa shape index (κ1) is 14.8. The van der Waals surface area contributed by atoms with E-state index in [0.717, 1.165) is 9.26 Å². The van der Waals surface area contributed by atoms with Crippen LogP contribution in [0.15, 0.2) is 30.3 Å². The Balaban J connectivity index is 2.37. The number of nitro groups is 1. The van der Waals surface area contributed by atoms with E-state index in [-0.39, 0.29) is 11.5 Å². The monoisotopic (exact) mass is 405 g/mol. The van der Waals surface area contributed by atoms with E-state index < -0.39 is 4.92 Å². The molecule has 104 valence electrons. The number of hydrogen-bond acceptors (Lipinski definition) is 6. The molecule has 9 heteroatoms. The zero-order valence-electron chi connectivity index (χ0n) is 9.93. The molecule has 7 nitrogen and oxygen atoms in total. The van der Waals surface area contributed by atoms with Crippen LogP contribution in [0.3, 0.4) is 0 Å². The quantitative estimate of drug-likeness (QED) is 0.312. The van der Waals surface area contributed by atoms with E-state index in [1.807, 2.05) is 0 Å². The summed E-state index contributed by atoms with van der Waals surface area (Å²) in [7, 11) is 0. The number of nitrogens with zero attached hydrogens (tertiary/aromatic N) is 2. The van der Waals surface area contributed by atoms with Crippen LogP contribution in [0.5, 0.6) is 0 Å². The molecule has 0 amide bonds. The van der Waals surface area contributed by atoms with Crippen LogP contribution in [-0.4, -0.2) is 9.91 Å². The lowest BCUT2D eigenvalue weighted by Crippen LogP contribution is -2.10. The highest BCUT2D eigenvalue weighted by atomic mass is 127. The zero-order valence-corrected chi connectivity index (χ0v) is 12.8. The van der Waals surface area contributed by atoms with E-state index in [1.165, 1.54) is 12.1 Å². The van der Waals surface area contributed by atoms with Gasteiger partial charge in [-0.15, -0.1) is 0 Å². The SMILES string of the molecule is NNc1cc([N+](=O)[O-])cc(Nc2ccc(Cl)cc2I)n1. The molecule has 20 heavy (non-hydrogen) atoms. The number of nitrogens with two attached hydrogens (primary N) is 1. The second-order valence-electron chi connectivity index (χ2n) is 3.75. The molecule has 0 atom stereocenters. The minimum atomic E-state index is -0.513. The van der Waals surface area contributed by atoms with Crippen molar-refractivity contribution in [1.82, 2.24) is 4.98 Å². The maximum absolute atomic E-state index is 10.8. The fraction of sp³-hybridized carbons (Fsp3) is 0. The molecule has 4 N–H and O–H groups in total. The molecule has 1 heterocycles. The Hall–Kier alpha value is -1.65. The number of benzene rings is 1. The van der Waals surface area contributed by atoms with Gasteiger partial charge in [0.1, 0.15) is 11.6 Å². The first-order chi connectivity index (χ1) is 9.49. The molecule has 0 spiro atoms. The first-order valence-corrected chi connectivity index (χ1v) is 6.80. The summed E-state index contributed by atoms with van der Waals surface area (Å²) in [6.45, 7) is 0. The third-order valence-electron chi connectivity index (χ3n) is 2.36. The van der Waals surface area contributed by atoms with Crippen molar-refractivity contribution in [3.05, 3.63) is 49.0 Å². The summed E-state index contributed by atoms with van der Waals surface area (Å²) in [6, 6.07) is 7.82. The number of nitrogen functional groups attached to an aromatic ring is 1. The Morgan fingerprint density at radius 1 is 1.30 bits per heavy atom. The molecule has 0 aliphatic rings. The van der Waals surface area contributed by atoms with Crippen molar-refractivity contribution in [1.29, 1.82) is 0 Å². The molecule has 1 aromatic carbocycles. The average molecular weight is 406 g/mol. The third-order valence-corrected chi connectivity index (χ3v) is 3.49. The first-order valence-electron chi connectivity index (χ1n) is 5.35. The molecule has 0 saturated heterocycles. The molecule has 0 radical (unpaired) electrons. The molecule has 1 aromatic heterocycles. The Labute approximate surface area is 132 Å². The van der Waals surface area contributed by atoms with Crippen LogP contribution in [0.25, 0.3) is 0 Å². The fourth-order valence-electron chi connectivity index (χ4n) is 1.49. The average Bonchev–Trinajstić information content (AvgIpc) is 2.41. The molecule has 0 aliphatic heterocycles. The largest absolute Gasteiger partial charge is 0.339 e. The number of pyridine rings is 1. The number of nitrogens with one attached hydrogen (secondary N) is 2. The summed E-state index contributed by atoms with van der Waals surface area (Å²) < 4.78 is 0.866. The maximum atomic E-state index is 10.8. The van der Waals surface area contributed by atoms with Gasteiger partial charge in [0.25, 0.3) is 5.69 Å². The van der Waals surface area contributed by atoms with Crippen molar-refractivity contribution in [3.8, 4) is 0 Å². The minimum Gasteiger partial charge on any atom is -0.339 e. The minimum absolute atomic E-state index is 0.112. The Kier molecular flexibility index (Phi) is 4.57. The van der Waals surface area contributed by atoms with Crippen molar-refractivity contribution < 1.29 is 4.92 Å². The highest BCUT2D eigenvalue weighted by Gasteiger charge is 2.11. The molecule has 2 rings (SSSR count). The van der Waals surface area contributed by atoms with Gasteiger partial charge in [0.2, 0.25) is 0 Å². The van der Waals surface area contributed by atoms with E-state index in [9.17, 15) is 10.1 Å². The van der Waals surface area contributed by atoms with Gasteiger partial charge in [0, 0.05) is 8.59 Å². The summed E-state index contributed by atoms with van der Waals surface area (Å²) in [5.74, 6) is 5.76. The van der Waals surface area contributed by atoms with Crippen LogP contribution in [0.1, 0.15) is 0 Å². The van der Waals surface area contributed by atoms with Gasteiger partial charge in [-0.1, -0.05) is 11.6 Å². The maximum Gasteiger partial charge on any atom is 0.276 e. The molecule has 0 bridgehead atoms. The zero-order chi connectivity index (χ0) is 14.7. The number of hydrazine groups is 1. The second kappa shape index (κ2) is 6.20. The Morgan fingerprint density at radius 3 is 2.60 bits per heavy atom. The van der Waals surface area contributed by atoms with Crippen molar-refractivity contribution >= 4 is 57.2 Å². The number of aromatic nitrogens is 1. The molecular weight excluding hydrogens is 397 g/mol. The molecule has 0 saturated carbocycles. The second-order valence-corrected chi connectivity index (χ2v) is 5.35. The van der Waals surface area contributed by atoms with E-state index in [2.05, 4.69) is 38.3 Å². The fourth-order valence-corrected chi connectivity index (χ4v) is 2.49. The lowest BCUT2D eigenvalue weighted by Gasteiger charge is -2.09. The van der Waals surface area contributed by atoms with Crippen LogP contribution < -0.4 is 16.6 Å². The van der Waals surface area contributed by atoms with Gasteiger partial charge in [-0.2, -0.15) is 0 Å². The van der Waals surface area contributed by atoms with Gasteiger partial charge in [-0.05, 0) is 40.8 Å². The normalized spacial score (nSPS) is 10.2. The van der Waals surface area contributed by atoms with Gasteiger partial charge in [0.15, 0.2) is 0 Å². The van der Waals surface area contributed by atoms with E-state index in [1.54, 1.807) is 18.2 Å². The molecule has 0 aliphatic carbocycles. The van der Waals surface area contributed by atoms with Crippen molar-refractivity contribution in [2.24, 2.45) is 5.84 Å². The lowest BCUT2D eigenvalue weighted by molar-refractivity contribution is -0.384. The summed E-state index contributed by atoms with van der Waals surface area (Å²) in [5.41, 5.74) is 2.92. The summed E-state index contributed by atoms with van der Waals surface area (Å²) in [6.07, 6.45) is 0. The topological polar surface area (TPSA) is 106 Å². The van der Waals surface area contributed by atoms with Crippen molar-refractivity contribution in [2.45, 2.75) is 0 Å². The van der Waals surface area contributed by atoms with Gasteiger partial charge >= 0.3 is 0 Å². The highest BCUT2D eigenvalue weighted by molar-refractivity contribution is 14.1. The van der Waals surface area contributed by atoms with Crippen molar-refractivity contribution in [3.63, 3.8) is 0 Å². The van der Waals surface area contributed by atoms with Crippen molar-refractivity contribution in [2.75, 3.05) is 10.7 Å². The van der Waals surface area contributed by atoms with Crippen LogP contribution >= 0.6 is 34.2 Å². The molecule has 0 fully saturated rings. The van der Waals surface area contributed by atoms with Crippen LogP contribution in [0.4, 0.5) is 23.0 Å². The number of rotatable bonds is 4. The third kappa shape index (κ3) is 3.46. The van der Waals surface area contributed by atoms with E-state index >= 15 is 0 Å². The molecule has 0 unspecified atom stereocenters. The standard InChI is InChI=1S/C11H9ClIN5O2/c12-6-1-2-9(8(13)3-6)15-10-4-7(18(19)20)5-11(16-10)17-14/h1-5H,14H2,(H2,15,16,17). The number of anilines is 3. The number of halogens is 2. The van der Waals surface area contributed by atoms with Crippen LogP contribution in [0, 0.1) is 13.7 Å². The Morgan fingerprint density at radius 2 is 2.00 bits per heavy atom. The summed E-state index contributed by atoms with van der Waals surface area (Å²) >= 11 is 7.97. The Bertz CT molecular complexity index is 667. The van der Waals surface area contributed by atoms with Crippen LogP contribution in [0.2, 0.25) is 5.02 Å². The summed E-state index contributed by atoms with van der Waals surface area (Å²) in [5, 5.41) is 14.4. The van der Waals surface area contributed by atoms with E-state index in [4.69, 9.17) is 17.4 Å². The predicted molar refractivity (Wildman–Crippen MR) is 86.2 cm³/mol. The van der Waals surface area contributed by atoms with Gasteiger partial charge in [-0.25, -0.2) is 10.8 Å². The lowest BCUT2D eigenvalue weighted by atomic mass is 10.3. The highest BCUT2D eigenvalue weighted by Crippen LogP contribution is 2.27. The smallest absolute Gasteiger partial charge is 0.276 e. The van der Waals surface area contributed by atoms with Gasteiger partial charge in [0.05, 0.1) is 22.7 Å². The van der Waals surface area contributed by atoms with E-state index in [0.29, 0.717) is 10.8 Å². The van der Waals surface area contributed by atoms with Crippen LogP contribution in [-0.2, 0) is 0 Å². The molecule has 2 aromatic rings. The summed E-state index contributed by atoms with van der Waals surface area (Å²) in [4.78, 5) is 14.4. The molecular formula is C11H9ClIN5O2.